The largest absolute Gasteiger partial charge is 0.494 e. The summed E-state index contributed by atoms with van der Waals surface area (Å²) >= 11 is 0. The maximum absolute atomic E-state index is 13.5. The van der Waals surface area contributed by atoms with Crippen molar-refractivity contribution in [2.24, 2.45) is 4.99 Å². The molecule has 5 rings (SSSR count). The van der Waals surface area contributed by atoms with E-state index in [4.69, 9.17) is 9.47 Å². The fraction of sp³-hybridized carbons (Fsp3) is 0.333. The molecular weight excluding hydrogens is 507 g/mol. The number of rotatable bonds is 9. The van der Waals surface area contributed by atoms with E-state index in [1.165, 1.54) is 17.0 Å². The summed E-state index contributed by atoms with van der Waals surface area (Å²) in [5.41, 5.74) is 1.13. The van der Waals surface area contributed by atoms with Gasteiger partial charge >= 0.3 is 6.18 Å². The normalized spacial score (nSPS) is 17.1. The molecular formula is C30H30F3N3O3. The molecule has 2 aliphatic rings. The number of halogens is 3. The molecule has 2 aliphatic heterocycles. The van der Waals surface area contributed by atoms with Gasteiger partial charge in [0.25, 0.3) is 5.91 Å². The van der Waals surface area contributed by atoms with Crippen LogP contribution in [-0.2, 0) is 15.7 Å². The number of ether oxygens (including phenoxy) is 2. The topological polar surface area (TPSA) is 54.4 Å². The van der Waals surface area contributed by atoms with Crippen LogP contribution in [0.2, 0.25) is 0 Å². The minimum Gasteiger partial charge on any atom is -0.494 e. The van der Waals surface area contributed by atoms with Crippen molar-refractivity contribution >= 4 is 28.7 Å². The fourth-order valence-electron chi connectivity index (χ4n) is 4.79. The van der Waals surface area contributed by atoms with Gasteiger partial charge in [0, 0.05) is 24.7 Å². The third kappa shape index (κ3) is 6.49. The quantitative estimate of drug-likeness (QED) is 0.297. The van der Waals surface area contributed by atoms with Gasteiger partial charge in [-0.1, -0.05) is 30.3 Å². The summed E-state index contributed by atoms with van der Waals surface area (Å²) in [6.07, 6.45) is -1.41. The van der Waals surface area contributed by atoms with Gasteiger partial charge in [0.05, 0.1) is 42.4 Å². The van der Waals surface area contributed by atoms with Crippen LogP contribution in [0.25, 0.3) is 0 Å². The second-order valence-electron chi connectivity index (χ2n) is 9.53. The molecule has 1 saturated heterocycles. The van der Waals surface area contributed by atoms with E-state index in [0.717, 1.165) is 64.2 Å². The molecule has 0 spiro atoms. The Morgan fingerprint density at radius 1 is 0.897 bits per heavy atom. The molecule has 0 aromatic heterocycles. The van der Waals surface area contributed by atoms with E-state index in [0.29, 0.717) is 29.3 Å². The molecule has 3 aromatic carbocycles. The first-order chi connectivity index (χ1) is 18.9. The highest BCUT2D eigenvalue weighted by Gasteiger charge is 2.35. The smallest absolute Gasteiger partial charge is 0.416 e. The van der Waals surface area contributed by atoms with Crippen LogP contribution in [0.5, 0.6) is 5.75 Å². The number of anilines is 2. The molecule has 204 valence electrons. The number of unbranched alkanes of at least 4 members (excludes halogenated alkanes) is 2. The van der Waals surface area contributed by atoms with Crippen molar-refractivity contribution in [2.45, 2.75) is 25.4 Å². The number of fused-ring (bicyclic) bond motifs is 1. The highest BCUT2D eigenvalue weighted by Crippen LogP contribution is 2.38. The second kappa shape index (κ2) is 12.0. The predicted molar refractivity (Wildman–Crippen MR) is 144 cm³/mol. The highest BCUT2D eigenvalue weighted by molar-refractivity contribution is 6.56. The van der Waals surface area contributed by atoms with Gasteiger partial charge in [-0.2, -0.15) is 13.2 Å². The average Bonchev–Trinajstić information content (AvgIpc) is 3.22. The highest BCUT2D eigenvalue weighted by atomic mass is 19.4. The number of morpholine rings is 1. The van der Waals surface area contributed by atoms with Gasteiger partial charge in [0.1, 0.15) is 11.5 Å². The number of hydrogen-bond donors (Lipinski definition) is 0. The first-order valence-corrected chi connectivity index (χ1v) is 13.1. The summed E-state index contributed by atoms with van der Waals surface area (Å²) in [6.45, 7) is 5.24. The SMILES string of the molecule is O=C1C(=Nc2cccc(C(F)(F)F)c2)c2ccccc2N1c1cccc(OCCCCCN2CCOCC2)c1. The molecule has 0 N–H and O–H groups in total. The zero-order valence-electron chi connectivity index (χ0n) is 21.5. The van der Waals surface area contributed by atoms with E-state index >= 15 is 0 Å². The molecule has 1 fully saturated rings. The van der Waals surface area contributed by atoms with Gasteiger partial charge in [-0.15, -0.1) is 0 Å². The Morgan fingerprint density at radius 3 is 2.51 bits per heavy atom. The lowest BCUT2D eigenvalue weighted by molar-refractivity contribution is -0.137. The Hall–Kier alpha value is -3.69. The summed E-state index contributed by atoms with van der Waals surface area (Å²) < 4.78 is 51.0. The summed E-state index contributed by atoms with van der Waals surface area (Å²) in [4.78, 5) is 21.8. The number of alkyl halides is 3. The number of benzene rings is 3. The minimum absolute atomic E-state index is 0.0653. The molecule has 9 heteroatoms. The number of carbonyl (C=O) groups is 1. The van der Waals surface area contributed by atoms with E-state index < -0.39 is 17.6 Å². The van der Waals surface area contributed by atoms with Crippen molar-refractivity contribution in [3.05, 3.63) is 83.9 Å². The van der Waals surface area contributed by atoms with Crippen LogP contribution >= 0.6 is 0 Å². The van der Waals surface area contributed by atoms with Gasteiger partial charge in [-0.25, -0.2) is 4.99 Å². The predicted octanol–water partition coefficient (Wildman–Crippen LogP) is 6.39. The van der Waals surface area contributed by atoms with Crippen LogP contribution in [0.1, 0.15) is 30.4 Å². The molecule has 0 unspecified atom stereocenters. The zero-order valence-corrected chi connectivity index (χ0v) is 21.5. The van der Waals surface area contributed by atoms with Crippen molar-refractivity contribution in [3.8, 4) is 5.75 Å². The third-order valence-electron chi connectivity index (χ3n) is 6.79. The summed E-state index contributed by atoms with van der Waals surface area (Å²) in [7, 11) is 0. The molecule has 6 nitrogen and oxygen atoms in total. The number of aliphatic imine (C=N–C) groups is 1. The zero-order chi connectivity index (χ0) is 27.2. The molecule has 0 aliphatic carbocycles. The monoisotopic (exact) mass is 537 g/mol. The molecule has 0 radical (unpaired) electrons. The number of nitrogens with zero attached hydrogens (tertiary/aromatic N) is 3. The van der Waals surface area contributed by atoms with Crippen LogP contribution in [0, 0.1) is 0 Å². The first kappa shape index (κ1) is 26.9. The Morgan fingerprint density at radius 2 is 1.69 bits per heavy atom. The van der Waals surface area contributed by atoms with Gasteiger partial charge in [0.2, 0.25) is 0 Å². The van der Waals surface area contributed by atoms with Crippen molar-refractivity contribution in [1.29, 1.82) is 0 Å². The Bertz CT molecular complexity index is 1340. The lowest BCUT2D eigenvalue weighted by atomic mass is 10.1. The van der Waals surface area contributed by atoms with Crippen molar-refractivity contribution in [1.82, 2.24) is 4.90 Å². The lowest BCUT2D eigenvalue weighted by Crippen LogP contribution is -2.36. The van der Waals surface area contributed by atoms with Crippen molar-refractivity contribution in [3.63, 3.8) is 0 Å². The van der Waals surface area contributed by atoms with E-state index in [9.17, 15) is 18.0 Å². The Labute approximate surface area is 225 Å². The molecule has 1 amide bonds. The molecule has 0 saturated carbocycles. The molecule has 0 atom stereocenters. The number of para-hydroxylation sites is 1. The summed E-state index contributed by atoms with van der Waals surface area (Å²) in [6, 6.07) is 19.1. The van der Waals surface area contributed by atoms with E-state index in [2.05, 4.69) is 9.89 Å². The third-order valence-corrected chi connectivity index (χ3v) is 6.79. The first-order valence-electron chi connectivity index (χ1n) is 13.1. The van der Waals surface area contributed by atoms with Crippen LogP contribution in [0.4, 0.5) is 30.2 Å². The maximum atomic E-state index is 13.5. The minimum atomic E-state index is -4.50. The molecule has 39 heavy (non-hydrogen) atoms. The molecule has 3 aromatic rings. The van der Waals surface area contributed by atoms with Crippen molar-refractivity contribution < 1.29 is 27.4 Å². The van der Waals surface area contributed by atoms with Gasteiger partial charge < -0.3 is 9.47 Å². The van der Waals surface area contributed by atoms with Gasteiger partial charge in [-0.3, -0.25) is 14.6 Å². The summed E-state index contributed by atoms with van der Waals surface area (Å²) in [5, 5.41) is 0. The van der Waals surface area contributed by atoms with Crippen LogP contribution in [0.15, 0.2) is 77.8 Å². The Kier molecular flexibility index (Phi) is 8.28. The van der Waals surface area contributed by atoms with Gasteiger partial charge in [-0.05, 0) is 62.2 Å². The molecule has 2 heterocycles. The second-order valence-corrected chi connectivity index (χ2v) is 9.53. The fourth-order valence-corrected chi connectivity index (χ4v) is 4.79. The van der Waals surface area contributed by atoms with Crippen molar-refractivity contribution in [2.75, 3.05) is 44.4 Å². The van der Waals surface area contributed by atoms with E-state index in [-0.39, 0.29) is 11.4 Å². The maximum Gasteiger partial charge on any atom is 0.416 e. The molecule has 0 bridgehead atoms. The number of amides is 1. The lowest BCUT2D eigenvalue weighted by Gasteiger charge is -2.26. The Balaban J connectivity index is 1.27. The van der Waals surface area contributed by atoms with Crippen LogP contribution in [-0.4, -0.2) is 56.0 Å². The van der Waals surface area contributed by atoms with E-state index in [1.807, 2.05) is 18.2 Å². The number of hydrogen-bond acceptors (Lipinski definition) is 5. The summed E-state index contributed by atoms with van der Waals surface area (Å²) in [5.74, 6) is 0.239. The van der Waals surface area contributed by atoms with Gasteiger partial charge in [0.15, 0.2) is 0 Å². The standard InChI is InChI=1S/C30H30F3N3O3/c31-30(32,33)22-8-6-9-23(20-22)34-28-26-12-2-3-13-27(26)36(29(28)37)24-10-7-11-25(21-24)39-17-5-1-4-14-35-15-18-38-19-16-35/h2-3,6-13,20-21H,1,4-5,14-19H2. The van der Waals surface area contributed by atoms with Crippen LogP contribution in [0.3, 0.4) is 0 Å². The van der Waals surface area contributed by atoms with E-state index in [1.54, 1.807) is 30.3 Å². The van der Waals surface area contributed by atoms with Crippen LogP contribution < -0.4 is 9.64 Å². The average molecular weight is 538 g/mol. The number of carbonyl (C=O) groups excluding carboxylic acids is 1.